The number of hydrogen-bond acceptors (Lipinski definition) is 4. The molecule has 0 spiro atoms. The van der Waals surface area contributed by atoms with Crippen LogP contribution in [0.25, 0.3) is 0 Å². The first-order valence-corrected chi connectivity index (χ1v) is 12.4. The van der Waals surface area contributed by atoms with Crippen molar-refractivity contribution in [3.63, 3.8) is 0 Å². The van der Waals surface area contributed by atoms with Gasteiger partial charge in [0.2, 0.25) is 15.9 Å². The maximum absolute atomic E-state index is 13.3. The standard InChI is InChI=1S/C25H26FN3O4S/c1-17(19-9-5-4-6-10-19)27-25(31)22-11-7-8-12-23(22)28-24(30)18(2)29(34(3,32)33)21-15-13-20(26)14-16-21/h4-18H,1-3H3,(H,27,31)(H,28,30)/t17-,18+/m0/s1. The van der Waals surface area contributed by atoms with Crippen LogP contribution in [-0.4, -0.2) is 32.5 Å². The summed E-state index contributed by atoms with van der Waals surface area (Å²) in [5.74, 6) is -1.57. The highest BCUT2D eigenvalue weighted by atomic mass is 32.2. The normalized spacial score (nSPS) is 12.9. The summed E-state index contributed by atoms with van der Waals surface area (Å²) in [7, 11) is -3.87. The van der Waals surface area contributed by atoms with Crippen LogP contribution in [0.15, 0.2) is 78.9 Å². The number of halogens is 1. The third-order valence-corrected chi connectivity index (χ3v) is 6.49. The van der Waals surface area contributed by atoms with Gasteiger partial charge in [-0.05, 0) is 55.8 Å². The van der Waals surface area contributed by atoms with E-state index in [2.05, 4.69) is 10.6 Å². The van der Waals surface area contributed by atoms with E-state index >= 15 is 0 Å². The fraction of sp³-hybridized carbons (Fsp3) is 0.200. The molecule has 0 saturated carbocycles. The van der Waals surface area contributed by atoms with E-state index < -0.39 is 33.7 Å². The highest BCUT2D eigenvalue weighted by Crippen LogP contribution is 2.23. The molecule has 0 heterocycles. The van der Waals surface area contributed by atoms with Gasteiger partial charge >= 0.3 is 0 Å². The Morgan fingerprint density at radius 3 is 2.09 bits per heavy atom. The molecule has 2 N–H and O–H groups in total. The van der Waals surface area contributed by atoms with Crippen LogP contribution in [0, 0.1) is 5.82 Å². The van der Waals surface area contributed by atoms with E-state index in [0.717, 1.165) is 28.3 Å². The predicted octanol–water partition coefficient (Wildman–Crippen LogP) is 4.11. The van der Waals surface area contributed by atoms with E-state index in [9.17, 15) is 22.4 Å². The minimum absolute atomic E-state index is 0.147. The third-order valence-electron chi connectivity index (χ3n) is 5.25. The van der Waals surface area contributed by atoms with Gasteiger partial charge in [0.15, 0.2) is 0 Å². The Balaban J connectivity index is 1.81. The molecule has 3 rings (SSSR count). The molecule has 2 atom stereocenters. The number of anilines is 2. The zero-order chi connectivity index (χ0) is 24.9. The summed E-state index contributed by atoms with van der Waals surface area (Å²) in [6.45, 7) is 3.27. The highest BCUT2D eigenvalue weighted by Gasteiger charge is 2.30. The fourth-order valence-corrected chi connectivity index (χ4v) is 4.70. The van der Waals surface area contributed by atoms with Gasteiger partial charge in [-0.1, -0.05) is 42.5 Å². The Hall–Kier alpha value is -3.72. The molecule has 0 aliphatic carbocycles. The van der Waals surface area contributed by atoms with Crippen molar-refractivity contribution in [1.29, 1.82) is 0 Å². The number of nitrogens with zero attached hydrogens (tertiary/aromatic N) is 1. The molecule has 0 aliphatic rings. The molecule has 0 fully saturated rings. The molecule has 34 heavy (non-hydrogen) atoms. The van der Waals surface area contributed by atoms with Crippen LogP contribution in [-0.2, 0) is 14.8 Å². The monoisotopic (exact) mass is 483 g/mol. The summed E-state index contributed by atoms with van der Waals surface area (Å²) in [5, 5.41) is 5.56. The number of amides is 2. The zero-order valence-corrected chi connectivity index (χ0v) is 19.8. The molecular weight excluding hydrogens is 457 g/mol. The Labute approximate surface area is 198 Å². The van der Waals surface area contributed by atoms with Crippen molar-refractivity contribution < 1.29 is 22.4 Å². The van der Waals surface area contributed by atoms with Gasteiger partial charge < -0.3 is 10.6 Å². The van der Waals surface area contributed by atoms with E-state index in [4.69, 9.17) is 0 Å². The van der Waals surface area contributed by atoms with E-state index in [-0.39, 0.29) is 23.0 Å². The van der Waals surface area contributed by atoms with Gasteiger partial charge in [0, 0.05) is 0 Å². The molecule has 7 nitrogen and oxygen atoms in total. The smallest absolute Gasteiger partial charge is 0.253 e. The highest BCUT2D eigenvalue weighted by molar-refractivity contribution is 7.92. The van der Waals surface area contributed by atoms with Crippen molar-refractivity contribution in [1.82, 2.24) is 5.32 Å². The summed E-state index contributed by atoms with van der Waals surface area (Å²) >= 11 is 0. The lowest BCUT2D eigenvalue weighted by atomic mass is 10.1. The van der Waals surface area contributed by atoms with E-state index in [1.807, 2.05) is 37.3 Å². The summed E-state index contributed by atoms with van der Waals surface area (Å²) in [4.78, 5) is 26.0. The molecule has 0 aliphatic heterocycles. The van der Waals surface area contributed by atoms with Crippen LogP contribution < -0.4 is 14.9 Å². The molecule has 2 amide bonds. The number of sulfonamides is 1. The molecule has 0 saturated heterocycles. The lowest BCUT2D eigenvalue weighted by Crippen LogP contribution is -2.45. The Kier molecular flexibility index (Phi) is 7.68. The summed E-state index contributed by atoms with van der Waals surface area (Å²) in [5.41, 5.74) is 1.55. The largest absolute Gasteiger partial charge is 0.345 e. The second kappa shape index (κ2) is 10.5. The van der Waals surface area contributed by atoms with Gasteiger partial charge in [0.05, 0.1) is 29.2 Å². The average molecular weight is 484 g/mol. The van der Waals surface area contributed by atoms with Crippen molar-refractivity contribution in [2.45, 2.75) is 25.9 Å². The number of rotatable bonds is 8. The number of para-hydroxylation sites is 1. The van der Waals surface area contributed by atoms with Crippen molar-refractivity contribution >= 4 is 33.2 Å². The number of nitrogens with one attached hydrogen (secondary N) is 2. The zero-order valence-electron chi connectivity index (χ0n) is 19.0. The van der Waals surface area contributed by atoms with Crippen LogP contribution in [0.1, 0.15) is 35.8 Å². The first kappa shape index (κ1) is 24.9. The Bertz CT molecular complexity index is 1260. The predicted molar refractivity (Wildman–Crippen MR) is 131 cm³/mol. The number of carbonyl (C=O) groups is 2. The van der Waals surface area contributed by atoms with Gasteiger partial charge in [-0.3, -0.25) is 13.9 Å². The van der Waals surface area contributed by atoms with Crippen LogP contribution in [0.3, 0.4) is 0 Å². The minimum atomic E-state index is -3.87. The van der Waals surface area contributed by atoms with Crippen molar-refractivity contribution in [2.24, 2.45) is 0 Å². The Morgan fingerprint density at radius 2 is 1.47 bits per heavy atom. The molecule has 0 radical (unpaired) electrons. The SMILES string of the molecule is C[C@H](NC(=O)c1ccccc1NC(=O)[C@@H](C)N(c1ccc(F)cc1)S(C)(=O)=O)c1ccccc1. The van der Waals surface area contributed by atoms with Crippen LogP contribution >= 0.6 is 0 Å². The Morgan fingerprint density at radius 1 is 0.882 bits per heavy atom. The number of carbonyl (C=O) groups excluding carboxylic acids is 2. The van der Waals surface area contributed by atoms with Crippen molar-refractivity contribution in [3.05, 3.63) is 95.8 Å². The molecule has 0 unspecified atom stereocenters. The van der Waals surface area contributed by atoms with Gasteiger partial charge in [0.25, 0.3) is 5.91 Å². The summed E-state index contributed by atoms with van der Waals surface area (Å²) in [6.07, 6.45) is 0.965. The molecule has 9 heteroatoms. The molecule has 0 bridgehead atoms. The number of benzene rings is 3. The molecule has 3 aromatic carbocycles. The van der Waals surface area contributed by atoms with Crippen molar-refractivity contribution in [2.75, 3.05) is 15.9 Å². The third kappa shape index (κ3) is 5.99. The summed E-state index contributed by atoms with van der Waals surface area (Å²) < 4.78 is 39.1. The molecule has 178 valence electrons. The summed E-state index contributed by atoms with van der Waals surface area (Å²) in [6, 6.07) is 19.3. The van der Waals surface area contributed by atoms with Gasteiger partial charge in [0.1, 0.15) is 11.9 Å². The van der Waals surface area contributed by atoms with Crippen LogP contribution in [0.2, 0.25) is 0 Å². The lowest BCUT2D eigenvalue weighted by molar-refractivity contribution is -0.116. The van der Waals surface area contributed by atoms with E-state index in [1.54, 1.807) is 24.3 Å². The first-order valence-electron chi connectivity index (χ1n) is 10.6. The maximum Gasteiger partial charge on any atom is 0.253 e. The topological polar surface area (TPSA) is 95.6 Å². The van der Waals surface area contributed by atoms with Gasteiger partial charge in [-0.25, -0.2) is 12.8 Å². The minimum Gasteiger partial charge on any atom is -0.345 e. The fourth-order valence-electron chi connectivity index (χ4n) is 3.52. The van der Waals surface area contributed by atoms with Gasteiger partial charge in [-0.2, -0.15) is 0 Å². The quantitative estimate of drug-likeness (QED) is 0.504. The van der Waals surface area contributed by atoms with E-state index in [1.165, 1.54) is 19.1 Å². The second-order valence-electron chi connectivity index (χ2n) is 7.85. The van der Waals surface area contributed by atoms with Crippen LogP contribution in [0.4, 0.5) is 15.8 Å². The number of hydrogen-bond donors (Lipinski definition) is 2. The first-order chi connectivity index (χ1) is 16.1. The average Bonchev–Trinajstić information content (AvgIpc) is 2.80. The van der Waals surface area contributed by atoms with Gasteiger partial charge in [-0.15, -0.1) is 0 Å². The molecule has 3 aromatic rings. The second-order valence-corrected chi connectivity index (χ2v) is 9.71. The van der Waals surface area contributed by atoms with E-state index in [0.29, 0.717) is 0 Å². The molecule has 0 aromatic heterocycles. The van der Waals surface area contributed by atoms with Crippen LogP contribution in [0.5, 0.6) is 0 Å². The van der Waals surface area contributed by atoms with Crippen molar-refractivity contribution in [3.8, 4) is 0 Å². The lowest BCUT2D eigenvalue weighted by Gasteiger charge is -2.28. The molecular formula is C25H26FN3O4S. The maximum atomic E-state index is 13.3.